The van der Waals surface area contributed by atoms with Crippen LogP contribution in [0.15, 0.2) is 30.3 Å². The molecule has 3 rings (SSSR count). The molecule has 2 heterocycles. The molecule has 134 valence electrons. The van der Waals surface area contributed by atoms with Crippen LogP contribution in [-0.4, -0.2) is 27.9 Å². The fourth-order valence-electron chi connectivity index (χ4n) is 2.88. The van der Waals surface area contributed by atoms with E-state index >= 15 is 0 Å². The van der Waals surface area contributed by atoms with Crippen molar-refractivity contribution in [2.45, 2.75) is 38.5 Å². The molecule has 1 N–H and O–H groups in total. The number of halogens is 3. The summed E-state index contributed by atoms with van der Waals surface area (Å²) in [5.41, 5.74) is -1.45. The molecule has 0 saturated carbocycles. The zero-order chi connectivity index (χ0) is 18.2. The van der Waals surface area contributed by atoms with E-state index in [0.717, 1.165) is 17.2 Å². The third kappa shape index (κ3) is 3.39. The minimum atomic E-state index is -4.53. The number of carbonyl (C=O) groups is 1. The number of nitrogens with zero attached hydrogens (tertiary/aromatic N) is 2. The van der Waals surface area contributed by atoms with Crippen molar-refractivity contribution in [3.63, 3.8) is 0 Å². The molecule has 0 bridgehead atoms. The lowest BCUT2D eigenvalue weighted by molar-refractivity contribution is -0.137. The standard InChI is InChI=1S/C17H18F3N3O2/c1-11-10-14(21-15(24)16(2)8-5-9-25-16)23(22-11)13-7-4-3-6-12(13)17(18,19)20/h3-4,6-7,10H,5,8-9H2,1-2H3,(H,21,24). The minimum absolute atomic E-state index is 0.143. The van der Waals surface area contributed by atoms with Crippen LogP contribution in [0.25, 0.3) is 5.69 Å². The minimum Gasteiger partial charge on any atom is -0.365 e. The van der Waals surface area contributed by atoms with E-state index in [1.165, 1.54) is 24.3 Å². The average molecular weight is 353 g/mol. The van der Waals surface area contributed by atoms with Crippen LogP contribution in [0.5, 0.6) is 0 Å². The molecule has 1 fully saturated rings. The number of aromatic nitrogens is 2. The lowest BCUT2D eigenvalue weighted by Crippen LogP contribution is -2.39. The third-order valence-electron chi connectivity index (χ3n) is 4.21. The number of rotatable bonds is 3. The number of hydrogen-bond donors (Lipinski definition) is 1. The first-order valence-electron chi connectivity index (χ1n) is 7.89. The van der Waals surface area contributed by atoms with E-state index in [2.05, 4.69) is 10.4 Å². The first kappa shape index (κ1) is 17.5. The van der Waals surface area contributed by atoms with E-state index in [-0.39, 0.29) is 11.5 Å². The number of amides is 1. The van der Waals surface area contributed by atoms with Crippen molar-refractivity contribution in [3.8, 4) is 5.69 Å². The fourth-order valence-corrected chi connectivity index (χ4v) is 2.88. The molecule has 1 unspecified atom stereocenters. The van der Waals surface area contributed by atoms with Crippen LogP contribution in [0.3, 0.4) is 0 Å². The second-order valence-corrected chi connectivity index (χ2v) is 6.23. The van der Waals surface area contributed by atoms with Gasteiger partial charge in [0.15, 0.2) is 0 Å². The molecule has 1 saturated heterocycles. The second kappa shape index (κ2) is 6.18. The summed E-state index contributed by atoms with van der Waals surface area (Å²) in [6.07, 6.45) is -3.21. The summed E-state index contributed by atoms with van der Waals surface area (Å²) in [6.45, 7) is 3.81. The van der Waals surface area contributed by atoms with Crippen LogP contribution >= 0.6 is 0 Å². The largest absolute Gasteiger partial charge is 0.418 e. The summed E-state index contributed by atoms with van der Waals surface area (Å²) in [7, 11) is 0. The predicted molar refractivity (Wildman–Crippen MR) is 85.5 cm³/mol. The van der Waals surface area contributed by atoms with Crippen molar-refractivity contribution < 1.29 is 22.7 Å². The second-order valence-electron chi connectivity index (χ2n) is 6.23. The molecular formula is C17H18F3N3O2. The van der Waals surface area contributed by atoms with E-state index in [1.54, 1.807) is 13.8 Å². The Morgan fingerprint density at radius 2 is 2.08 bits per heavy atom. The number of para-hydroxylation sites is 1. The lowest BCUT2D eigenvalue weighted by Gasteiger charge is -2.22. The van der Waals surface area contributed by atoms with E-state index in [1.807, 2.05) is 0 Å². The molecular weight excluding hydrogens is 335 g/mol. The Morgan fingerprint density at radius 1 is 1.36 bits per heavy atom. The number of anilines is 1. The van der Waals surface area contributed by atoms with Crippen molar-refractivity contribution in [2.75, 3.05) is 11.9 Å². The first-order valence-corrected chi connectivity index (χ1v) is 7.89. The summed E-state index contributed by atoms with van der Waals surface area (Å²) < 4.78 is 46.5. The van der Waals surface area contributed by atoms with Gasteiger partial charge in [-0.3, -0.25) is 4.79 Å². The van der Waals surface area contributed by atoms with Crippen molar-refractivity contribution >= 4 is 11.7 Å². The molecule has 1 amide bonds. The maximum absolute atomic E-state index is 13.3. The quantitative estimate of drug-likeness (QED) is 0.915. The van der Waals surface area contributed by atoms with Crippen LogP contribution in [0.1, 0.15) is 31.0 Å². The third-order valence-corrected chi connectivity index (χ3v) is 4.21. The number of ether oxygens (including phenoxy) is 1. The Kier molecular flexibility index (Phi) is 4.32. The molecule has 25 heavy (non-hydrogen) atoms. The van der Waals surface area contributed by atoms with Gasteiger partial charge in [-0.05, 0) is 38.8 Å². The Morgan fingerprint density at radius 3 is 2.72 bits per heavy atom. The highest BCUT2D eigenvalue weighted by Gasteiger charge is 2.39. The molecule has 2 aromatic rings. The molecule has 5 nitrogen and oxygen atoms in total. The lowest BCUT2D eigenvalue weighted by atomic mass is 10.0. The molecule has 1 atom stereocenters. The monoisotopic (exact) mass is 353 g/mol. The molecule has 0 radical (unpaired) electrons. The van der Waals surface area contributed by atoms with Crippen LogP contribution in [0.2, 0.25) is 0 Å². The van der Waals surface area contributed by atoms with Gasteiger partial charge in [0.2, 0.25) is 0 Å². The summed E-state index contributed by atoms with van der Waals surface area (Å²) in [4.78, 5) is 12.5. The van der Waals surface area contributed by atoms with Gasteiger partial charge in [-0.15, -0.1) is 0 Å². The van der Waals surface area contributed by atoms with Gasteiger partial charge in [0, 0.05) is 12.7 Å². The number of alkyl halides is 3. The van der Waals surface area contributed by atoms with Gasteiger partial charge in [0.25, 0.3) is 5.91 Å². The van der Waals surface area contributed by atoms with E-state index in [4.69, 9.17) is 4.74 Å². The summed E-state index contributed by atoms with van der Waals surface area (Å²) in [6, 6.07) is 6.64. The first-order chi connectivity index (χ1) is 11.7. The highest BCUT2D eigenvalue weighted by Crippen LogP contribution is 2.35. The van der Waals surface area contributed by atoms with Gasteiger partial charge in [-0.1, -0.05) is 12.1 Å². The van der Waals surface area contributed by atoms with Gasteiger partial charge >= 0.3 is 6.18 Å². The predicted octanol–water partition coefficient (Wildman–Crippen LogP) is 3.71. The van der Waals surface area contributed by atoms with Gasteiger partial charge in [-0.2, -0.15) is 18.3 Å². The Hall–Kier alpha value is -2.35. The van der Waals surface area contributed by atoms with Gasteiger partial charge < -0.3 is 10.1 Å². The number of hydrogen-bond acceptors (Lipinski definition) is 3. The highest BCUT2D eigenvalue weighted by molar-refractivity contribution is 5.96. The highest BCUT2D eigenvalue weighted by atomic mass is 19.4. The van der Waals surface area contributed by atoms with Crippen molar-refractivity contribution in [1.29, 1.82) is 0 Å². The number of nitrogens with one attached hydrogen (secondary N) is 1. The Bertz CT molecular complexity index is 793. The molecule has 8 heteroatoms. The number of benzene rings is 1. The summed E-state index contributed by atoms with van der Waals surface area (Å²) in [5.74, 6) is -0.216. The maximum Gasteiger partial charge on any atom is 0.418 e. The van der Waals surface area contributed by atoms with Crippen LogP contribution < -0.4 is 5.32 Å². The summed E-state index contributed by atoms with van der Waals surface area (Å²) >= 11 is 0. The van der Waals surface area contributed by atoms with Gasteiger partial charge in [0.1, 0.15) is 11.4 Å². The van der Waals surface area contributed by atoms with E-state index in [0.29, 0.717) is 18.7 Å². The zero-order valence-corrected chi connectivity index (χ0v) is 13.9. The molecule has 0 spiro atoms. The maximum atomic E-state index is 13.3. The van der Waals surface area contributed by atoms with Crippen LogP contribution in [-0.2, 0) is 15.7 Å². The smallest absolute Gasteiger partial charge is 0.365 e. The van der Waals surface area contributed by atoms with Gasteiger partial charge in [0.05, 0.1) is 16.9 Å². The number of carbonyl (C=O) groups excluding carboxylic acids is 1. The SMILES string of the molecule is Cc1cc(NC(=O)C2(C)CCCO2)n(-c2ccccc2C(F)(F)F)n1. The Balaban J connectivity index is 1.99. The van der Waals surface area contributed by atoms with Crippen molar-refractivity contribution in [1.82, 2.24) is 9.78 Å². The zero-order valence-electron chi connectivity index (χ0n) is 13.9. The normalized spacial score (nSPS) is 20.7. The number of aryl methyl sites for hydroxylation is 1. The molecule has 1 aliphatic rings. The fraction of sp³-hybridized carbons (Fsp3) is 0.412. The van der Waals surface area contributed by atoms with E-state index < -0.39 is 23.2 Å². The topological polar surface area (TPSA) is 56.1 Å². The van der Waals surface area contributed by atoms with Crippen molar-refractivity contribution in [2.24, 2.45) is 0 Å². The van der Waals surface area contributed by atoms with E-state index in [9.17, 15) is 18.0 Å². The molecule has 1 aliphatic heterocycles. The van der Waals surface area contributed by atoms with Crippen LogP contribution in [0, 0.1) is 6.92 Å². The van der Waals surface area contributed by atoms with Gasteiger partial charge in [-0.25, -0.2) is 4.68 Å². The molecule has 1 aromatic carbocycles. The van der Waals surface area contributed by atoms with Crippen LogP contribution in [0.4, 0.5) is 19.0 Å². The Labute approximate surface area is 142 Å². The molecule has 1 aromatic heterocycles. The summed E-state index contributed by atoms with van der Waals surface area (Å²) in [5, 5.41) is 6.78. The molecule has 0 aliphatic carbocycles. The van der Waals surface area contributed by atoms with Crippen molar-refractivity contribution in [3.05, 3.63) is 41.6 Å². The average Bonchev–Trinajstić information content (AvgIpc) is 3.13.